The average molecular weight is 432 g/mol. The molecule has 1 aromatic heterocycles. The van der Waals surface area contributed by atoms with Crippen LogP contribution >= 0.6 is 0 Å². The van der Waals surface area contributed by atoms with E-state index < -0.39 is 11.7 Å². The summed E-state index contributed by atoms with van der Waals surface area (Å²) in [6.07, 6.45) is 5.44. The maximum Gasteiger partial charge on any atom is 0.335 e. The Morgan fingerprint density at radius 3 is 2.34 bits per heavy atom. The highest BCUT2D eigenvalue weighted by Gasteiger charge is 2.16. The minimum absolute atomic E-state index is 0.0790. The highest BCUT2D eigenvalue weighted by Crippen LogP contribution is 2.18. The highest BCUT2D eigenvalue weighted by atomic mass is 16.5. The van der Waals surface area contributed by atoms with Crippen molar-refractivity contribution in [3.8, 4) is 5.75 Å². The van der Waals surface area contributed by atoms with Crippen LogP contribution in [-0.2, 0) is 20.0 Å². The maximum atomic E-state index is 13.2. The largest absolute Gasteiger partial charge is 0.497 e. The molecule has 0 aliphatic heterocycles. The third kappa shape index (κ3) is 4.14. The minimum atomic E-state index is -1.02. The van der Waals surface area contributed by atoms with Crippen molar-refractivity contribution in [1.29, 1.82) is 0 Å². The molecular weight excluding hydrogens is 408 g/mol. The van der Waals surface area contributed by atoms with Crippen molar-refractivity contribution >= 4 is 18.1 Å². The monoisotopic (exact) mass is 432 g/mol. The number of carbonyl (C=O) groups is 1. The topological polar surface area (TPSA) is 90.5 Å². The van der Waals surface area contributed by atoms with E-state index in [1.54, 1.807) is 26.3 Å². The fraction of sp³-hybridized carbons (Fsp3) is 0.240. The first-order valence-corrected chi connectivity index (χ1v) is 10.3. The van der Waals surface area contributed by atoms with Crippen LogP contribution in [0.4, 0.5) is 0 Å². The predicted octanol–water partition coefficient (Wildman–Crippen LogP) is 1.13. The zero-order valence-electron chi connectivity index (χ0n) is 17.9. The number of hydrogen-bond donors (Lipinski definition) is 1. The third-order valence-corrected chi connectivity index (χ3v) is 5.85. The zero-order valence-corrected chi connectivity index (χ0v) is 17.9. The van der Waals surface area contributed by atoms with Crippen LogP contribution in [0.15, 0.2) is 58.1 Å². The molecule has 0 radical (unpaired) electrons. The Bertz CT molecular complexity index is 1400. The molecule has 1 aliphatic carbocycles. The lowest BCUT2D eigenvalue weighted by Crippen LogP contribution is -2.58. The molecule has 0 saturated carbocycles. The molecule has 0 bridgehead atoms. The van der Waals surface area contributed by atoms with Gasteiger partial charge in [0, 0.05) is 7.05 Å². The van der Waals surface area contributed by atoms with E-state index in [1.165, 1.54) is 21.3 Å². The Balaban J connectivity index is 1.69. The summed E-state index contributed by atoms with van der Waals surface area (Å²) in [7, 11) is 3.30. The lowest BCUT2D eigenvalue weighted by Gasteiger charge is -2.17. The second-order valence-corrected chi connectivity index (χ2v) is 7.95. The first-order chi connectivity index (χ1) is 15.4. The summed E-state index contributed by atoms with van der Waals surface area (Å²) in [6.45, 7) is 0.0790. The Morgan fingerprint density at radius 1 is 1.06 bits per heavy atom. The smallest absolute Gasteiger partial charge is 0.335 e. The average Bonchev–Trinajstić information content (AvgIpc) is 2.81. The molecule has 2 aromatic carbocycles. The third-order valence-electron chi connectivity index (χ3n) is 5.85. The fourth-order valence-electron chi connectivity index (χ4n) is 4.06. The van der Waals surface area contributed by atoms with E-state index in [0.717, 1.165) is 24.2 Å². The van der Waals surface area contributed by atoms with Crippen molar-refractivity contribution in [2.75, 3.05) is 7.11 Å². The predicted molar refractivity (Wildman–Crippen MR) is 121 cm³/mol. The van der Waals surface area contributed by atoms with Crippen molar-refractivity contribution in [2.45, 2.75) is 19.4 Å². The number of ether oxygens (including phenoxy) is 1. The van der Waals surface area contributed by atoms with Gasteiger partial charge in [-0.25, -0.2) is 9.59 Å². The zero-order chi connectivity index (χ0) is 22.8. The van der Waals surface area contributed by atoms with Gasteiger partial charge in [-0.3, -0.25) is 13.9 Å². The van der Waals surface area contributed by atoms with Gasteiger partial charge in [0.25, 0.3) is 5.56 Å². The Hall–Kier alpha value is -3.87. The number of benzene rings is 2. The molecule has 0 amide bonds. The molecule has 0 saturated heterocycles. The van der Waals surface area contributed by atoms with Crippen molar-refractivity contribution in [1.82, 2.24) is 9.13 Å². The summed E-state index contributed by atoms with van der Waals surface area (Å²) < 4.78 is 7.91. The molecule has 3 aromatic rings. The van der Waals surface area contributed by atoms with Crippen LogP contribution in [0.2, 0.25) is 0 Å². The summed E-state index contributed by atoms with van der Waals surface area (Å²) in [5.74, 6) is -0.0802. The number of fused-ring (bicyclic) bond motifs is 1. The number of hydrogen-bond acceptors (Lipinski definition) is 4. The van der Waals surface area contributed by atoms with Crippen LogP contribution < -0.4 is 26.6 Å². The van der Waals surface area contributed by atoms with E-state index in [1.807, 2.05) is 36.4 Å². The normalized spacial score (nSPS) is 14.8. The van der Waals surface area contributed by atoms with Crippen LogP contribution in [0.1, 0.15) is 27.9 Å². The minimum Gasteiger partial charge on any atom is -0.497 e. The van der Waals surface area contributed by atoms with Gasteiger partial charge in [-0.2, -0.15) is 0 Å². The Labute approximate surface area is 184 Å². The highest BCUT2D eigenvalue weighted by molar-refractivity contribution is 5.87. The second-order valence-electron chi connectivity index (χ2n) is 7.95. The van der Waals surface area contributed by atoms with E-state index in [2.05, 4.69) is 0 Å². The van der Waals surface area contributed by atoms with Crippen molar-refractivity contribution < 1.29 is 14.6 Å². The molecule has 0 fully saturated rings. The number of aromatic nitrogens is 2. The van der Waals surface area contributed by atoms with Gasteiger partial charge in [0.05, 0.1) is 29.8 Å². The molecule has 1 N–H and O–H groups in total. The lowest BCUT2D eigenvalue weighted by molar-refractivity contribution is 0.0697. The molecule has 7 nitrogen and oxygen atoms in total. The van der Waals surface area contributed by atoms with Gasteiger partial charge < -0.3 is 9.84 Å². The second kappa shape index (κ2) is 8.70. The summed E-state index contributed by atoms with van der Waals surface area (Å²) in [4.78, 5) is 37.2. The van der Waals surface area contributed by atoms with Gasteiger partial charge in [-0.1, -0.05) is 36.4 Å². The summed E-state index contributed by atoms with van der Waals surface area (Å²) in [6, 6.07) is 14.1. The molecule has 1 heterocycles. The maximum absolute atomic E-state index is 13.2. The molecule has 7 heteroatoms. The van der Waals surface area contributed by atoms with Crippen LogP contribution in [-0.4, -0.2) is 27.3 Å². The molecule has 1 unspecified atom stereocenters. The Kier molecular flexibility index (Phi) is 5.81. The summed E-state index contributed by atoms with van der Waals surface area (Å²) >= 11 is 0. The molecule has 0 spiro atoms. The van der Waals surface area contributed by atoms with E-state index in [4.69, 9.17) is 9.84 Å². The van der Waals surface area contributed by atoms with E-state index >= 15 is 0 Å². The molecular formula is C25H24N2O5. The quantitative estimate of drug-likeness (QED) is 0.631. The molecule has 1 atom stereocenters. The van der Waals surface area contributed by atoms with E-state index in [-0.39, 0.29) is 23.6 Å². The number of nitrogens with zero attached hydrogens (tertiary/aromatic N) is 2. The summed E-state index contributed by atoms with van der Waals surface area (Å²) in [5.41, 5.74) is 1.26. The van der Waals surface area contributed by atoms with Gasteiger partial charge >= 0.3 is 11.7 Å². The first-order valence-electron chi connectivity index (χ1n) is 10.3. The van der Waals surface area contributed by atoms with Crippen LogP contribution in [0.5, 0.6) is 5.75 Å². The molecule has 4 rings (SSSR count). The van der Waals surface area contributed by atoms with E-state index in [0.29, 0.717) is 16.1 Å². The Morgan fingerprint density at radius 2 is 1.72 bits per heavy atom. The van der Waals surface area contributed by atoms with Crippen LogP contribution in [0.25, 0.3) is 12.2 Å². The molecule has 32 heavy (non-hydrogen) atoms. The van der Waals surface area contributed by atoms with Crippen LogP contribution in [0, 0.1) is 5.92 Å². The number of methoxy groups -OCH3 is 1. The first kappa shape index (κ1) is 21.4. The molecule has 1 aliphatic rings. The standard InChI is InChI=1S/C25H24N2O5/c1-26-22-12-7-18(13-16-5-10-20(32-2)11-6-16)14-21(22)23(28)27(25(26)31)15-17-3-8-19(9-4-17)24(29)30/h3-6,8-12,14,18H,7,13,15H2,1-2H3,(H,29,30). The summed E-state index contributed by atoms with van der Waals surface area (Å²) in [5, 5.41) is 10.2. The van der Waals surface area contributed by atoms with Crippen molar-refractivity contribution in [3.63, 3.8) is 0 Å². The number of rotatable bonds is 6. The SMILES string of the molecule is COc1ccc(CC2C=c3c(n(C)c(=O)n(Cc4ccc(C(=O)O)cc4)c3=O)=CC2)cc1. The van der Waals surface area contributed by atoms with Crippen LogP contribution in [0.3, 0.4) is 0 Å². The molecule has 164 valence electrons. The van der Waals surface area contributed by atoms with Crippen molar-refractivity contribution in [2.24, 2.45) is 13.0 Å². The van der Waals surface area contributed by atoms with Crippen molar-refractivity contribution in [3.05, 3.63) is 96.6 Å². The van der Waals surface area contributed by atoms with Gasteiger partial charge in [-0.05, 0) is 54.2 Å². The van der Waals surface area contributed by atoms with E-state index in [9.17, 15) is 14.4 Å². The lowest BCUT2D eigenvalue weighted by atomic mass is 9.92. The van der Waals surface area contributed by atoms with Gasteiger partial charge in [-0.15, -0.1) is 0 Å². The number of carboxylic acid groups (broad SMARTS) is 1. The number of carboxylic acids is 1. The van der Waals surface area contributed by atoms with Gasteiger partial charge in [0.15, 0.2) is 0 Å². The number of aromatic carboxylic acids is 1. The fourth-order valence-corrected chi connectivity index (χ4v) is 4.06. The van der Waals surface area contributed by atoms with Gasteiger partial charge in [0.1, 0.15) is 5.75 Å². The van der Waals surface area contributed by atoms with Gasteiger partial charge in [0.2, 0.25) is 0 Å².